The van der Waals surface area contributed by atoms with Crippen molar-refractivity contribution in [3.63, 3.8) is 0 Å². The largest absolute Gasteiger partial charge is 0.482 e. The molecule has 3 aromatic rings. The van der Waals surface area contributed by atoms with Gasteiger partial charge in [-0.2, -0.15) is 4.98 Å². The number of fused-ring (bicyclic) bond motifs is 1. The second-order valence-electron chi connectivity index (χ2n) is 8.47. The molecule has 1 aliphatic heterocycles. The van der Waals surface area contributed by atoms with E-state index in [2.05, 4.69) is 25.3 Å². The summed E-state index contributed by atoms with van der Waals surface area (Å²) < 4.78 is 33.2. The van der Waals surface area contributed by atoms with Crippen LogP contribution in [0.3, 0.4) is 0 Å². The summed E-state index contributed by atoms with van der Waals surface area (Å²) in [5, 5.41) is 6.39. The second kappa shape index (κ2) is 10.5. The quantitative estimate of drug-likeness (QED) is 0.394. The van der Waals surface area contributed by atoms with Gasteiger partial charge in [-0.1, -0.05) is 19.9 Å². The predicted octanol–water partition coefficient (Wildman–Crippen LogP) is 4.01. The van der Waals surface area contributed by atoms with Gasteiger partial charge in [0.1, 0.15) is 11.6 Å². The first-order valence-electron chi connectivity index (χ1n) is 11.8. The Hall–Kier alpha value is -3.70. The summed E-state index contributed by atoms with van der Waals surface area (Å²) >= 11 is 0. The number of ether oxygens (including phenoxy) is 1. The van der Waals surface area contributed by atoms with Gasteiger partial charge in [0.05, 0.1) is 10.6 Å². The summed E-state index contributed by atoms with van der Waals surface area (Å²) in [5.74, 6) is 1.48. The number of anilines is 5. The van der Waals surface area contributed by atoms with Gasteiger partial charge < -0.3 is 20.3 Å². The van der Waals surface area contributed by atoms with Gasteiger partial charge in [-0.15, -0.1) is 0 Å². The van der Waals surface area contributed by atoms with Gasteiger partial charge in [-0.25, -0.2) is 18.1 Å². The number of carbonyl (C=O) groups is 1. The topological polar surface area (TPSA) is 126 Å². The van der Waals surface area contributed by atoms with Crippen LogP contribution in [0.4, 0.5) is 28.8 Å². The van der Waals surface area contributed by atoms with E-state index in [1.165, 1.54) is 0 Å². The molecule has 0 unspecified atom stereocenters. The van der Waals surface area contributed by atoms with Gasteiger partial charge in [0, 0.05) is 36.2 Å². The maximum absolute atomic E-state index is 12.5. The molecule has 3 N–H and O–H groups in total. The van der Waals surface area contributed by atoms with E-state index in [4.69, 9.17) is 4.74 Å². The lowest BCUT2D eigenvalue weighted by molar-refractivity contribution is -0.121. The molecule has 36 heavy (non-hydrogen) atoms. The summed E-state index contributed by atoms with van der Waals surface area (Å²) in [6.07, 6.45) is 2.51. The van der Waals surface area contributed by atoms with Crippen LogP contribution in [0, 0.1) is 13.8 Å². The Morgan fingerprint density at radius 3 is 2.53 bits per heavy atom. The van der Waals surface area contributed by atoms with E-state index in [-0.39, 0.29) is 17.4 Å². The average molecular weight is 511 g/mol. The lowest BCUT2D eigenvalue weighted by Crippen LogP contribution is -2.39. The van der Waals surface area contributed by atoms with Crippen LogP contribution in [0.5, 0.6) is 5.75 Å². The fourth-order valence-corrected chi connectivity index (χ4v) is 5.19. The Labute approximate surface area is 211 Å². The van der Waals surface area contributed by atoms with Crippen molar-refractivity contribution in [3.05, 3.63) is 53.7 Å². The fraction of sp³-hybridized carbons (Fsp3) is 0.320. The van der Waals surface area contributed by atoms with Crippen LogP contribution >= 0.6 is 0 Å². The lowest BCUT2D eigenvalue weighted by atomic mass is 10.2. The molecule has 4 rings (SSSR count). The molecule has 2 heterocycles. The van der Waals surface area contributed by atoms with Gasteiger partial charge in [-0.3, -0.25) is 4.79 Å². The van der Waals surface area contributed by atoms with Crippen molar-refractivity contribution in [1.82, 2.24) is 14.7 Å². The normalized spacial score (nSPS) is 13.2. The third-order valence-corrected chi connectivity index (χ3v) is 7.34. The van der Waals surface area contributed by atoms with E-state index in [1.807, 2.05) is 32.0 Å². The van der Waals surface area contributed by atoms with E-state index in [0.29, 0.717) is 41.9 Å². The first-order chi connectivity index (χ1) is 17.2. The molecule has 0 aliphatic carbocycles. The smallest absolute Gasteiger partial charge is 0.265 e. The number of benzene rings is 2. The maximum atomic E-state index is 12.5. The van der Waals surface area contributed by atoms with Crippen LogP contribution in [0.25, 0.3) is 0 Å². The molecule has 11 heteroatoms. The highest BCUT2D eigenvalue weighted by atomic mass is 32.2. The average Bonchev–Trinajstić information content (AvgIpc) is 2.84. The van der Waals surface area contributed by atoms with Crippen LogP contribution in [-0.4, -0.2) is 44.0 Å². The van der Waals surface area contributed by atoms with Crippen molar-refractivity contribution < 1.29 is 17.9 Å². The Balaban J connectivity index is 1.59. The van der Waals surface area contributed by atoms with Gasteiger partial charge in [0.15, 0.2) is 6.61 Å². The molecule has 1 amide bonds. The standard InChI is InChI=1S/C25H30N6O4S/c1-5-11-31-20-12-18(9-10-21(20)35-15-23(31)32)28-24-17(4)14-26-25(30-24)29-19-8-7-16(3)22(13-19)36(33,34)27-6-2/h7-10,12-14,27H,5-6,11,15H2,1-4H3,(H2,26,28,29,30). The molecule has 0 saturated heterocycles. The van der Waals surface area contributed by atoms with E-state index in [0.717, 1.165) is 23.4 Å². The predicted molar refractivity (Wildman–Crippen MR) is 140 cm³/mol. The Bertz CT molecular complexity index is 1390. The highest BCUT2D eigenvalue weighted by Gasteiger charge is 2.25. The van der Waals surface area contributed by atoms with Crippen LogP contribution in [0.15, 0.2) is 47.5 Å². The number of carbonyl (C=O) groups excluding carboxylic acids is 1. The van der Waals surface area contributed by atoms with E-state index < -0.39 is 10.0 Å². The second-order valence-corrected chi connectivity index (χ2v) is 10.2. The van der Waals surface area contributed by atoms with Crippen LogP contribution in [0.2, 0.25) is 0 Å². The van der Waals surface area contributed by atoms with Crippen molar-refractivity contribution in [2.24, 2.45) is 0 Å². The zero-order valence-electron chi connectivity index (χ0n) is 20.8. The molecule has 0 radical (unpaired) electrons. The molecule has 1 aliphatic rings. The Morgan fingerprint density at radius 2 is 1.78 bits per heavy atom. The third-order valence-electron chi connectivity index (χ3n) is 5.65. The van der Waals surface area contributed by atoms with Crippen molar-refractivity contribution in [2.45, 2.75) is 39.0 Å². The van der Waals surface area contributed by atoms with Gasteiger partial charge in [0.2, 0.25) is 16.0 Å². The molecular formula is C25H30N6O4S. The summed E-state index contributed by atoms with van der Waals surface area (Å²) in [5.41, 5.74) is 3.47. The van der Waals surface area contributed by atoms with Crippen LogP contribution in [-0.2, 0) is 14.8 Å². The van der Waals surface area contributed by atoms with Gasteiger partial charge in [-0.05, 0) is 56.2 Å². The van der Waals surface area contributed by atoms with Crippen molar-refractivity contribution in [3.8, 4) is 5.75 Å². The Kier molecular flexibility index (Phi) is 7.41. The minimum atomic E-state index is -3.61. The number of nitrogens with zero attached hydrogens (tertiary/aromatic N) is 3. The van der Waals surface area contributed by atoms with Crippen molar-refractivity contribution >= 4 is 44.8 Å². The SMILES string of the molecule is CCCN1C(=O)COc2ccc(Nc3nc(Nc4ccc(C)c(S(=O)(=O)NCC)c4)ncc3C)cc21. The van der Waals surface area contributed by atoms with Gasteiger partial charge >= 0.3 is 0 Å². The number of amides is 1. The number of hydrogen-bond donors (Lipinski definition) is 3. The molecule has 10 nitrogen and oxygen atoms in total. The van der Waals surface area contributed by atoms with E-state index in [9.17, 15) is 13.2 Å². The molecule has 0 spiro atoms. The highest BCUT2D eigenvalue weighted by molar-refractivity contribution is 7.89. The molecular weight excluding hydrogens is 480 g/mol. The third kappa shape index (κ3) is 5.42. The summed E-state index contributed by atoms with van der Waals surface area (Å²) in [7, 11) is -3.61. The first kappa shape index (κ1) is 25.4. The molecule has 1 aromatic heterocycles. The first-order valence-corrected chi connectivity index (χ1v) is 13.3. The van der Waals surface area contributed by atoms with Gasteiger partial charge in [0.25, 0.3) is 5.91 Å². The zero-order chi connectivity index (χ0) is 25.9. The molecule has 0 atom stereocenters. The minimum absolute atomic E-state index is 0.0381. The molecule has 0 saturated carbocycles. The monoisotopic (exact) mass is 510 g/mol. The van der Waals surface area contributed by atoms with Crippen LogP contribution in [0.1, 0.15) is 31.4 Å². The molecule has 0 bridgehead atoms. The zero-order valence-corrected chi connectivity index (χ0v) is 21.6. The number of hydrogen-bond acceptors (Lipinski definition) is 8. The molecule has 2 aromatic carbocycles. The number of aromatic nitrogens is 2. The minimum Gasteiger partial charge on any atom is -0.482 e. The van der Waals surface area contributed by atoms with Crippen LogP contribution < -0.4 is 25.0 Å². The molecule has 0 fully saturated rings. The van der Waals surface area contributed by atoms with E-state index >= 15 is 0 Å². The van der Waals surface area contributed by atoms with E-state index in [1.54, 1.807) is 43.1 Å². The summed E-state index contributed by atoms with van der Waals surface area (Å²) in [4.78, 5) is 23.2. The number of rotatable bonds is 9. The lowest BCUT2D eigenvalue weighted by Gasteiger charge is -2.29. The van der Waals surface area contributed by atoms with Crippen molar-refractivity contribution in [1.29, 1.82) is 0 Å². The molecule has 190 valence electrons. The highest BCUT2D eigenvalue weighted by Crippen LogP contribution is 2.35. The Morgan fingerprint density at radius 1 is 1.03 bits per heavy atom. The summed E-state index contributed by atoms with van der Waals surface area (Å²) in [6.45, 7) is 8.34. The number of sulfonamides is 1. The number of aryl methyl sites for hydroxylation is 2. The van der Waals surface area contributed by atoms with Crippen molar-refractivity contribution in [2.75, 3.05) is 35.2 Å². The fourth-order valence-electron chi connectivity index (χ4n) is 3.88. The number of nitrogens with one attached hydrogen (secondary N) is 3. The maximum Gasteiger partial charge on any atom is 0.265 e. The summed E-state index contributed by atoms with van der Waals surface area (Å²) in [6, 6.07) is 10.6.